The molecule has 0 spiro atoms. The van der Waals surface area contributed by atoms with Crippen LogP contribution in [0.4, 0.5) is 0 Å². The molecule has 1 aromatic rings. The van der Waals surface area contributed by atoms with E-state index in [-0.39, 0.29) is 0 Å². The van der Waals surface area contributed by atoms with Gasteiger partial charge in [-0.25, -0.2) is 0 Å². The molecule has 0 saturated carbocycles. The summed E-state index contributed by atoms with van der Waals surface area (Å²) in [7, 11) is 1.00. The van der Waals surface area contributed by atoms with Crippen LogP contribution in [0.3, 0.4) is 0 Å². The van der Waals surface area contributed by atoms with Crippen molar-refractivity contribution in [1.29, 1.82) is 0 Å². The van der Waals surface area contributed by atoms with Gasteiger partial charge in [0.25, 0.3) is 0 Å². The summed E-state index contributed by atoms with van der Waals surface area (Å²) in [4.78, 5) is 0. The highest BCUT2D eigenvalue weighted by molar-refractivity contribution is 7.84. The summed E-state index contributed by atoms with van der Waals surface area (Å²) in [6.07, 6.45) is 0.975. The van der Waals surface area contributed by atoms with Crippen LogP contribution in [0.15, 0.2) is 24.3 Å². The van der Waals surface area contributed by atoms with Crippen molar-refractivity contribution in [2.45, 2.75) is 26.3 Å². The Bertz CT molecular complexity index is 365. The number of nitrogens with one attached hydrogen (secondary N) is 1. The van der Waals surface area contributed by atoms with Crippen molar-refractivity contribution in [3.63, 3.8) is 0 Å². The first-order valence-corrected chi connectivity index (χ1v) is 7.85. The molecule has 0 saturated heterocycles. The largest absolute Gasteiger partial charge is 0.497 e. The molecule has 0 aliphatic rings. The molecule has 2 atom stereocenters. The first-order chi connectivity index (χ1) is 8.65. The van der Waals surface area contributed by atoms with Gasteiger partial charge in [-0.3, -0.25) is 4.21 Å². The van der Waals surface area contributed by atoms with Crippen molar-refractivity contribution in [2.24, 2.45) is 0 Å². The summed E-state index contributed by atoms with van der Waals surface area (Å²) in [6, 6.07) is 8.53. The quantitative estimate of drug-likeness (QED) is 0.784. The van der Waals surface area contributed by atoms with E-state index in [9.17, 15) is 4.21 Å². The van der Waals surface area contributed by atoms with Crippen LogP contribution in [0.5, 0.6) is 5.75 Å². The van der Waals surface area contributed by atoms with E-state index in [4.69, 9.17) is 4.74 Å². The fourth-order valence-electron chi connectivity index (χ4n) is 1.75. The van der Waals surface area contributed by atoms with Gasteiger partial charge in [0, 0.05) is 34.9 Å². The molecule has 0 aliphatic heterocycles. The maximum absolute atomic E-state index is 11.3. The second-order valence-corrected chi connectivity index (χ2v) is 6.21. The van der Waals surface area contributed by atoms with Gasteiger partial charge in [-0.2, -0.15) is 0 Å². The Morgan fingerprint density at radius 2 is 2.00 bits per heavy atom. The standard InChI is InChI=1S/C14H23NO2S/c1-4-18(16)10-9-15-12(2)11-13-5-7-14(17-3)8-6-13/h5-8,12,15H,4,9-11H2,1-3H3. The zero-order valence-electron chi connectivity index (χ0n) is 11.4. The van der Waals surface area contributed by atoms with E-state index in [2.05, 4.69) is 24.4 Å². The van der Waals surface area contributed by atoms with Crippen LogP contribution >= 0.6 is 0 Å². The van der Waals surface area contributed by atoms with Gasteiger partial charge in [0.15, 0.2) is 0 Å². The lowest BCUT2D eigenvalue weighted by Gasteiger charge is -2.13. The predicted octanol–water partition coefficient (Wildman–Crippen LogP) is 1.98. The Morgan fingerprint density at radius 1 is 1.33 bits per heavy atom. The molecule has 4 heteroatoms. The SMILES string of the molecule is CCS(=O)CCNC(C)Cc1ccc(OC)cc1. The average molecular weight is 269 g/mol. The molecular weight excluding hydrogens is 246 g/mol. The summed E-state index contributed by atoms with van der Waals surface area (Å²) in [5.41, 5.74) is 1.28. The van der Waals surface area contributed by atoms with Gasteiger partial charge in [0.1, 0.15) is 5.75 Å². The molecule has 2 unspecified atom stereocenters. The van der Waals surface area contributed by atoms with Crippen molar-refractivity contribution < 1.29 is 8.95 Å². The van der Waals surface area contributed by atoms with Crippen molar-refractivity contribution in [2.75, 3.05) is 25.2 Å². The number of hydrogen-bond donors (Lipinski definition) is 1. The molecule has 0 aliphatic carbocycles. The fraction of sp³-hybridized carbons (Fsp3) is 0.571. The van der Waals surface area contributed by atoms with Crippen LogP contribution < -0.4 is 10.1 Å². The lowest BCUT2D eigenvalue weighted by atomic mass is 10.1. The van der Waals surface area contributed by atoms with Gasteiger partial charge >= 0.3 is 0 Å². The molecule has 3 nitrogen and oxygen atoms in total. The zero-order chi connectivity index (χ0) is 13.4. The molecule has 1 rings (SSSR count). The minimum atomic E-state index is -0.673. The molecule has 1 N–H and O–H groups in total. The van der Waals surface area contributed by atoms with E-state index in [1.807, 2.05) is 19.1 Å². The second-order valence-electron chi connectivity index (χ2n) is 4.34. The predicted molar refractivity (Wildman–Crippen MR) is 77.7 cm³/mol. The normalized spacial score (nSPS) is 14.2. The highest BCUT2D eigenvalue weighted by atomic mass is 32.2. The monoisotopic (exact) mass is 269 g/mol. The molecule has 1 aromatic carbocycles. The zero-order valence-corrected chi connectivity index (χ0v) is 12.3. The molecule has 0 fully saturated rings. The number of methoxy groups -OCH3 is 1. The summed E-state index contributed by atoms with van der Waals surface area (Å²) in [5.74, 6) is 2.37. The number of benzene rings is 1. The topological polar surface area (TPSA) is 38.3 Å². The highest BCUT2D eigenvalue weighted by Gasteiger charge is 2.04. The van der Waals surface area contributed by atoms with E-state index < -0.39 is 10.8 Å². The minimum Gasteiger partial charge on any atom is -0.497 e. The van der Waals surface area contributed by atoms with Gasteiger partial charge < -0.3 is 10.1 Å². The van der Waals surface area contributed by atoms with Crippen molar-refractivity contribution in [3.05, 3.63) is 29.8 Å². The minimum absolute atomic E-state index is 0.396. The number of ether oxygens (including phenoxy) is 1. The van der Waals surface area contributed by atoms with Gasteiger partial charge in [-0.15, -0.1) is 0 Å². The second kappa shape index (κ2) is 8.27. The third-order valence-corrected chi connectivity index (χ3v) is 4.15. The molecule has 18 heavy (non-hydrogen) atoms. The number of rotatable bonds is 8. The third kappa shape index (κ3) is 5.65. The van der Waals surface area contributed by atoms with Crippen LogP contribution in [-0.4, -0.2) is 35.4 Å². The van der Waals surface area contributed by atoms with Crippen molar-refractivity contribution in [1.82, 2.24) is 5.32 Å². The van der Waals surface area contributed by atoms with E-state index in [0.717, 1.165) is 30.2 Å². The summed E-state index contributed by atoms with van der Waals surface area (Å²) < 4.78 is 16.4. The van der Waals surface area contributed by atoms with Crippen LogP contribution in [0.25, 0.3) is 0 Å². The lowest BCUT2D eigenvalue weighted by molar-refractivity contribution is 0.414. The van der Waals surface area contributed by atoms with Crippen molar-refractivity contribution in [3.8, 4) is 5.75 Å². The van der Waals surface area contributed by atoms with E-state index in [1.165, 1.54) is 5.56 Å². The molecule has 0 heterocycles. The van der Waals surface area contributed by atoms with E-state index in [1.54, 1.807) is 7.11 Å². The Balaban J connectivity index is 2.30. The molecular formula is C14H23NO2S. The Kier molecular flexibility index (Phi) is 6.98. The van der Waals surface area contributed by atoms with Crippen molar-refractivity contribution >= 4 is 10.8 Å². The van der Waals surface area contributed by atoms with Crippen LogP contribution in [0, 0.1) is 0 Å². The third-order valence-electron chi connectivity index (χ3n) is 2.85. The molecule has 0 aromatic heterocycles. The Labute approximate surface area is 112 Å². The molecule has 0 amide bonds. The average Bonchev–Trinajstić information content (AvgIpc) is 2.39. The van der Waals surface area contributed by atoms with Gasteiger partial charge in [0.2, 0.25) is 0 Å². The maximum atomic E-state index is 11.3. The first kappa shape index (κ1) is 15.2. The van der Waals surface area contributed by atoms with Gasteiger partial charge in [-0.05, 0) is 31.0 Å². The highest BCUT2D eigenvalue weighted by Crippen LogP contribution is 2.12. The first-order valence-electron chi connectivity index (χ1n) is 6.37. The van der Waals surface area contributed by atoms with Gasteiger partial charge in [0.05, 0.1) is 7.11 Å². The Hall–Kier alpha value is -0.870. The van der Waals surface area contributed by atoms with Crippen LogP contribution in [0.1, 0.15) is 19.4 Å². The number of hydrogen-bond acceptors (Lipinski definition) is 3. The van der Waals surface area contributed by atoms with E-state index >= 15 is 0 Å². The summed E-state index contributed by atoms with van der Waals surface area (Å²) >= 11 is 0. The van der Waals surface area contributed by atoms with Crippen LogP contribution in [0.2, 0.25) is 0 Å². The smallest absolute Gasteiger partial charge is 0.118 e. The summed E-state index contributed by atoms with van der Waals surface area (Å²) in [6.45, 7) is 4.92. The summed E-state index contributed by atoms with van der Waals surface area (Å²) in [5, 5.41) is 3.40. The molecule has 0 radical (unpaired) electrons. The fourth-order valence-corrected chi connectivity index (χ4v) is 2.39. The molecule has 0 bridgehead atoms. The van der Waals surface area contributed by atoms with Crippen LogP contribution in [-0.2, 0) is 17.2 Å². The molecule has 102 valence electrons. The Morgan fingerprint density at radius 3 is 2.56 bits per heavy atom. The van der Waals surface area contributed by atoms with E-state index in [0.29, 0.717) is 6.04 Å². The van der Waals surface area contributed by atoms with Gasteiger partial charge in [-0.1, -0.05) is 19.1 Å². The lowest BCUT2D eigenvalue weighted by Crippen LogP contribution is -2.31. The maximum Gasteiger partial charge on any atom is 0.118 e.